The van der Waals surface area contributed by atoms with Crippen LogP contribution in [0.2, 0.25) is 0 Å². The Morgan fingerprint density at radius 1 is 0.944 bits per heavy atom. The molecule has 3 aromatic carbocycles. The summed E-state index contributed by atoms with van der Waals surface area (Å²) in [6, 6.07) is 13.5. The highest BCUT2D eigenvalue weighted by Gasteiger charge is 2.33. The van der Waals surface area contributed by atoms with Gasteiger partial charge in [0.05, 0.1) is 22.2 Å². The molecule has 10 heteroatoms. The summed E-state index contributed by atoms with van der Waals surface area (Å²) in [5, 5.41) is 9.43. The fourth-order valence-corrected chi connectivity index (χ4v) is 4.60. The van der Waals surface area contributed by atoms with Crippen molar-refractivity contribution in [1.29, 1.82) is 0 Å². The first-order chi connectivity index (χ1) is 17.3. The third-order valence-corrected chi connectivity index (χ3v) is 6.32. The molecule has 36 heavy (non-hydrogen) atoms. The smallest absolute Gasteiger partial charge is 0.416 e. The molecular weight excluding hydrogens is 475 g/mol. The number of nitrogens with zero attached hydrogens (tertiary/aromatic N) is 3. The zero-order valence-electron chi connectivity index (χ0n) is 18.7. The van der Waals surface area contributed by atoms with E-state index in [0.29, 0.717) is 70.2 Å². The quantitative estimate of drug-likeness (QED) is 0.385. The zero-order valence-corrected chi connectivity index (χ0v) is 18.7. The molecule has 1 N–H and O–H groups in total. The number of fused-ring (bicyclic) bond motifs is 3. The van der Waals surface area contributed by atoms with Gasteiger partial charge in [-0.2, -0.15) is 13.2 Å². The van der Waals surface area contributed by atoms with Gasteiger partial charge in [-0.3, -0.25) is 0 Å². The van der Waals surface area contributed by atoms with E-state index < -0.39 is 17.7 Å². The van der Waals surface area contributed by atoms with Crippen LogP contribution in [-0.4, -0.2) is 34.4 Å². The first-order valence-corrected chi connectivity index (χ1v) is 11.2. The van der Waals surface area contributed by atoms with Crippen LogP contribution in [0.4, 0.5) is 24.7 Å². The number of hydrogen-bond acceptors (Lipinski definition) is 6. The molecular formula is C26H18F3N3O4. The Kier molecular flexibility index (Phi) is 4.99. The van der Waals surface area contributed by atoms with Gasteiger partial charge in [-0.05, 0) is 73.0 Å². The van der Waals surface area contributed by atoms with E-state index in [1.165, 1.54) is 24.3 Å². The molecule has 1 aromatic heterocycles. The standard InChI is InChI=1S/C26H18F3N3O4/c27-26(28,29)17-5-7-20-14(10-17)2-1-9-32(20)24-23(15-4-8-21-22(12-15)36-13-35-21)30-18-6-3-16(25(33)34)11-19(18)31-24/h3-8,10-12H,1-2,9,13H2,(H,33,34). The lowest BCUT2D eigenvalue weighted by atomic mass is 9.98. The van der Waals surface area contributed by atoms with E-state index in [-0.39, 0.29) is 12.4 Å². The average molecular weight is 493 g/mol. The van der Waals surface area contributed by atoms with Crippen molar-refractivity contribution in [2.75, 3.05) is 18.2 Å². The lowest BCUT2D eigenvalue weighted by Gasteiger charge is -2.32. The lowest BCUT2D eigenvalue weighted by molar-refractivity contribution is -0.137. The molecule has 0 bridgehead atoms. The molecule has 0 saturated heterocycles. The third kappa shape index (κ3) is 3.74. The summed E-state index contributed by atoms with van der Waals surface area (Å²) < 4.78 is 51.0. The normalized spacial score (nSPS) is 14.7. The van der Waals surface area contributed by atoms with Gasteiger partial charge in [-0.1, -0.05) is 0 Å². The number of aromatic nitrogens is 2. The van der Waals surface area contributed by atoms with Crippen LogP contribution in [-0.2, 0) is 12.6 Å². The van der Waals surface area contributed by atoms with Gasteiger partial charge in [0.1, 0.15) is 5.69 Å². The molecule has 2 aliphatic heterocycles. The van der Waals surface area contributed by atoms with Crippen molar-refractivity contribution in [3.8, 4) is 22.8 Å². The summed E-state index contributed by atoms with van der Waals surface area (Å²) in [7, 11) is 0. The van der Waals surface area contributed by atoms with Gasteiger partial charge in [0.15, 0.2) is 17.3 Å². The zero-order chi connectivity index (χ0) is 25.0. The molecule has 0 atom stereocenters. The number of carboxylic acids is 1. The van der Waals surface area contributed by atoms with Crippen molar-refractivity contribution in [2.45, 2.75) is 19.0 Å². The van der Waals surface area contributed by atoms with Gasteiger partial charge in [-0.25, -0.2) is 14.8 Å². The Bertz CT molecular complexity index is 1540. The van der Waals surface area contributed by atoms with Crippen molar-refractivity contribution < 1.29 is 32.5 Å². The van der Waals surface area contributed by atoms with Crippen LogP contribution in [0.15, 0.2) is 54.6 Å². The highest BCUT2D eigenvalue weighted by Crippen LogP contribution is 2.42. The third-order valence-electron chi connectivity index (χ3n) is 6.32. The molecule has 7 nitrogen and oxygen atoms in total. The summed E-state index contributed by atoms with van der Waals surface area (Å²) in [6.45, 7) is 0.614. The van der Waals surface area contributed by atoms with Crippen molar-refractivity contribution >= 4 is 28.5 Å². The van der Waals surface area contributed by atoms with E-state index in [2.05, 4.69) is 0 Å². The van der Waals surface area contributed by atoms with Crippen molar-refractivity contribution in [3.05, 3.63) is 71.3 Å². The van der Waals surface area contributed by atoms with Crippen LogP contribution in [0.3, 0.4) is 0 Å². The number of rotatable bonds is 3. The topological polar surface area (TPSA) is 84.8 Å². The van der Waals surface area contributed by atoms with Crippen molar-refractivity contribution in [2.24, 2.45) is 0 Å². The minimum Gasteiger partial charge on any atom is -0.478 e. The molecule has 0 aliphatic carbocycles. The number of carboxylic acid groups (broad SMARTS) is 1. The molecule has 0 unspecified atom stereocenters. The van der Waals surface area contributed by atoms with Gasteiger partial charge in [0.25, 0.3) is 0 Å². The number of alkyl halides is 3. The molecule has 0 amide bonds. The van der Waals surface area contributed by atoms with Gasteiger partial charge < -0.3 is 19.5 Å². The van der Waals surface area contributed by atoms with Crippen LogP contribution >= 0.6 is 0 Å². The molecule has 2 aliphatic rings. The highest BCUT2D eigenvalue weighted by molar-refractivity contribution is 5.94. The van der Waals surface area contributed by atoms with E-state index in [0.717, 1.165) is 6.07 Å². The Morgan fingerprint density at radius 3 is 2.58 bits per heavy atom. The highest BCUT2D eigenvalue weighted by atomic mass is 19.4. The Hall–Kier alpha value is -4.34. The van der Waals surface area contributed by atoms with E-state index in [9.17, 15) is 23.1 Å². The Morgan fingerprint density at radius 2 is 1.78 bits per heavy atom. The van der Waals surface area contributed by atoms with E-state index in [4.69, 9.17) is 19.4 Å². The number of halogens is 3. The number of aryl methyl sites for hydroxylation is 1. The number of ether oxygens (including phenoxy) is 2. The van der Waals surface area contributed by atoms with E-state index in [1.54, 1.807) is 18.2 Å². The molecule has 4 aromatic rings. The fraction of sp³-hybridized carbons (Fsp3) is 0.192. The first kappa shape index (κ1) is 22.1. The van der Waals surface area contributed by atoms with Crippen molar-refractivity contribution in [1.82, 2.24) is 9.97 Å². The van der Waals surface area contributed by atoms with Crippen LogP contribution in [0.1, 0.15) is 27.9 Å². The van der Waals surface area contributed by atoms with Gasteiger partial charge in [0, 0.05) is 17.8 Å². The maximum Gasteiger partial charge on any atom is 0.416 e. The Balaban J connectivity index is 1.56. The van der Waals surface area contributed by atoms with Gasteiger partial charge in [0.2, 0.25) is 6.79 Å². The number of anilines is 2. The molecule has 0 saturated carbocycles. The predicted molar refractivity (Wildman–Crippen MR) is 125 cm³/mol. The number of hydrogen-bond donors (Lipinski definition) is 1. The number of benzene rings is 3. The molecule has 182 valence electrons. The molecule has 0 radical (unpaired) electrons. The van der Waals surface area contributed by atoms with Crippen molar-refractivity contribution in [3.63, 3.8) is 0 Å². The van der Waals surface area contributed by atoms with E-state index in [1.807, 2.05) is 11.0 Å². The summed E-state index contributed by atoms with van der Waals surface area (Å²) in [5.74, 6) is 0.478. The van der Waals surface area contributed by atoms with Crippen LogP contribution in [0, 0.1) is 0 Å². The lowest BCUT2D eigenvalue weighted by Crippen LogP contribution is -2.26. The average Bonchev–Trinajstić information content (AvgIpc) is 3.34. The Labute approximate surface area is 202 Å². The summed E-state index contributed by atoms with van der Waals surface area (Å²) in [6.07, 6.45) is -3.33. The van der Waals surface area contributed by atoms with Crippen LogP contribution in [0.5, 0.6) is 11.5 Å². The second-order valence-electron chi connectivity index (χ2n) is 8.57. The summed E-state index contributed by atoms with van der Waals surface area (Å²) in [4.78, 5) is 23.0. The van der Waals surface area contributed by atoms with E-state index >= 15 is 0 Å². The SMILES string of the molecule is O=C(O)c1ccc2nc(-c3ccc4c(c3)OCO4)c(N3CCCc4cc(C(F)(F)F)ccc43)nc2c1. The maximum absolute atomic E-state index is 13.3. The molecule has 6 rings (SSSR count). The molecule has 0 fully saturated rings. The minimum atomic E-state index is -4.44. The van der Waals surface area contributed by atoms with Gasteiger partial charge in [-0.15, -0.1) is 0 Å². The summed E-state index contributed by atoms with van der Waals surface area (Å²) in [5.41, 5.74) is 2.58. The monoisotopic (exact) mass is 493 g/mol. The largest absolute Gasteiger partial charge is 0.478 e. The van der Waals surface area contributed by atoms with Gasteiger partial charge >= 0.3 is 12.1 Å². The molecule has 0 spiro atoms. The van der Waals surface area contributed by atoms with Crippen LogP contribution < -0.4 is 14.4 Å². The predicted octanol–water partition coefficient (Wildman–Crippen LogP) is 5.83. The fourth-order valence-electron chi connectivity index (χ4n) is 4.60. The summed E-state index contributed by atoms with van der Waals surface area (Å²) >= 11 is 0. The second-order valence-corrected chi connectivity index (χ2v) is 8.57. The first-order valence-electron chi connectivity index (χ1n) is 11.2. The maximum atomic E-state index is 13.3. The molecule has 3 heterocycles. The van der Waals surface area contributed by atoms with Crippen LogP contribution in [0.25, 0.3) is 22.3 Å². The minimum absolute atomic E-state index is 0.0624. The number of aromatic carboxylic acids is 1. The number of carbonyl (C=O) groups is 1. The second kappa shape index (κ2) is 8.11.